The first kappa shape index (κ1) is 13.6. The van der Waals surface area contributed by atoms with Crippen molar-refractivity contribution < 1.29 is 5.11 Å². The summed E-state index contributed by atoms with van der Waals surface area (Å²) in [7, 11) is 0. The molecule has 2 nitrogen and oxygen atoms in total. The van der Waals surface area contributed by atoms with Crippen molar-refractivity contribution in [1.82, 2.24) is 5.32 Å². The first-order valence-corrected chi connectivity index (χ1v) is 7.01. The van der Waals surface area contributed by atoms with Crippen LogP contribution in [0.1, 0.15) is 41.5 Å². The van der Waals surface area contributed by atoms with Crippen molar-refractivity contribution >= 4 is 0 Å². The van der Waals surface area contributed by atoms with Gasteiger partial charge in [0.2, 0.25) is 0 Å². The average molecular weight is 247 g/mol. The van der Waals surface area contributed by atoms with Gasteiger partial charge in [-0.25, -0.2) is 0 Å². The van der Waals surface area contributed by atoms with Crippen molar-refractivity contribution in [3.63, 3.8) is 0 Å². The zero-order valence-electron chi connectivity index (χ0n) is 11.8. The molecule has 1 saturated carbocycles. The number of benzene rings is 1. The molecule has 2 unspecified atom stereocenters. The van der Waals surface area contributed by atoms with Gasteiger partial charge in [-0.2, -0.15) is 0 Å². The molecule has 0 spiro atoms. The van der Waals surface area contributed by atoms with E-state index in [2.05, 4.69) is 38.2 Å². The number of aryl methyl sites for hydroxylation is 3. The van der Waals surface area contributed by atoms with Gasteiger partial charge in [-0.3, -0.25) is 0 Å². The highest BCUT2D eigenvalue weighted by Crippen LogP contribution is 2.24. The zero-order chi connectivity index (χ0) is 13.1. The van der Waals surface area contributed by atoms with E-state index in [-0.39, 0.29) is 6.10 Å². The Morgan fingerprint density at radius 3 is 2.50 bits per heavy atom. The van der Waals surface area contributed by atoms with Crippen molar-refractivity contribution in [2.24, 2.45) is 5.92 Å². The van der Waals surface area contributed by atoms with E-state index in [4.69, 9.17) is 0 Å². The van der Waals surface area contributed by atoms with Crippen LogP contribution in [0.15, 0.2) is 12.1 Å². The van der Waals surface area contributed by atoms with Crippen LogP contribution in [0, 0.1) is 26.7 Å². The number of aliphatic hydroxyl groups is 1. The van der Waals surface area contributed by atoms with Crippen LogP contribution in [0.4, 0.5) is 0 Å². The number of hydrogen-bond acceptors (Lipinski definition) is 2. The Hall–Kier alpha value is -0.860. The maximum absolute atomic E-state index is 9.50. The van der Waals surface area contributed by atoms with Gasteiger partial charge < -0.3 is 10.4 Å². The van der Waals surface area contributed by atoms with Crippen LogP contribution in [0.25, 0.3) is 0 Å². The van der Waals surface area contributed by atoms with E-state index < -0.39 is 0 Å². The first-order valence-electron chi connectivity index (χ1n) is 7.01. The minimum absolute atomic E-state index is 0.0554. The summed E-state index contributed by atoms with van der Waals surface area (Å²) in [5, 5.41) is 13.0. The predicted molar refractivity (Wildman–Crippen MR) is 75.7 cm³/mol. The van der Waals surface area contributed by atoms with Gasteiger partial charge >= 0.3 is 0 Å². The second-order valence-electron chi connectivity index (χ2n) is 5.83. The Balaban J connectivity index is 1.85. The monoisotopic (exact) mass is 247 g/mol. The summed E-state index contributed by atoms with van der Waals surface area (Å²) >= 11 is 0. The standard InChI is InChI=1S/C16H25NO/c1-11-6-13(3)15(7-12(11)2)10-17-9-14-4-5-16(18)8-14/h6-7,14,16-18H,4-5,8-10H2,1-3H3. The van der Waals surface area contributed by atoms with E-state index >= 15 is 0 Å². The van der Waals surface area contributed by atoms with Gasteiger partial charge in [0.15, 0.2) is 0 Å². The summed E-state index contributed by atoms with van der Waals surface area (Å²) in [6.45, 7) is 8.50. The van der Waals surface area contributed by atoms with Gasteiger partial charge in [-0.1, -0.05) is 12.1 Å². The van der Waals surface area contributed by atoms with Gasteiger partial charge in [0.25, 0.3) is 0 Å². The zero-order valence-corrected chi connectivity index (χ0v) is 11.8. The topological polar surface area (TPSA) is 32.3 Å². The number of aliphatic hydroxyl groups excluding tert-OH is 1. The van der Waals surface area contributed by atoms with Crippen molar-refractivity contribution in [1.29, 1.82) is 0 Å². The Bertz CT molecular complexity index is 414. The Morgan fingerprint density at radius 1 is 1.11 bits per heavy atom. The van der Waals surface area contributed by atoms with Crippen LogP contribution in [-0.2, 0) is 6.54 Å². The lowest BCUT2D eigenvalue weighted by atomic mass is 10.0. The van der Waals surface area contributed by atoms with Gasteiger partial charge in [0, 0.05) is 6.54 Å². The van der Waals surface area contributed by atoms with E-state index in [9.17, 15) is 5.11 Å². The molecule has 0 heterocycles. The molecule has 1 aromatic rings. The maximum atomic E-state index is 9.50. The molecular weight excluding hydrogens is 222 g/mol. The molecule has 100 valence electrons. The molecule has 0 aromatic heterocycles. The number of hydrogen-bond donors (Lipinski definition) is 2. The summed E-state index contributed by atoms with van der Waals surface area (Å²) in [5.74, 6) is 0.659. The SMILES string of the molecule is Cc1cc(C)c(CNCC2CCC(O)C2)cc1C. The van der Waals surface area contributed by atoms with E-state index in [0.29, 0.717) is 5.92 Å². The number of rotatable bonds is 4. The molecule has 2 N–H and O–H groups in total. The summed E-state index contributed by atoms with van der Waals surface area (Å²) < 4.78 is 0. The van der Waals surface area contributed by atoms with Crippen LogP contribution in [0.2, 0.25) is 0 Å². The summed E-state index contributed by atoms with van der Waals surface area (Å²) in [6.07, 6.45) is 3.06. The fourth-order valence-electron chi connectivity index (χ4n) is 2.86. The molecule has 0 radical (unpaired) electrons. The largest absolute Gasteiger partial charge is 0.393 e. The van der Waals surface area contributed by atoms with E-state index in [1.165, 1.54) is 28.7 Å². The molecule has 0 bridgehead atoms. The van der Waals surface area contributed by atoms with Crippen molar-refractivity contribution in [2.75, 3.05) is 6.54 Å². The first-order chi connectivity index (χ1) is 8.56. The summed E-state index contributed by atoms with van der Waals surface area (Å²) in [4.78, 5) is 0. The lowest BCUT2D eigenvalue weighted by Gasteiger charge is -2.13. The quantitative estimate of drug-likeness (QED) is 0.857. The van der Waals surface area contributed by atoms with Crippen LogP contribution >= 0.6 is 0 Å². The highest BCUT2D eigenvalue weighted by atomic mass is 16.3. The third-order valence-electron chi connectivity index (χ3n) is 4.21. The molecular formula is C16H25NO. The molecule has 2 rings (SSSR count). The van der Waals surface area contributed by atoms with Crippen molar-refractivity contribution in [2.45, 2.75) is 52.7 Å². The van der Waals surface area contributed by atoms with Gasteiger partial charge in [-0.15, -0.1) is 0 Å². The third-order valence-corrected chi connectivity index (χ3v) is 4.21. The normalized spacial score (nSPS) is 23.6. The minimum Gasteiger partial charge on any atom is -0.393 e. The van der Waals surface area contributed by atoms with Crippen LogP contribution in [0.3, 0.4) is 0 Å². The average Bonchev–Trinajstić information content (AvgIpc) is 2.71. The molecule has 1 aliphatic rings. The summed E-state index contributed by atoms with van der Waals surface area (Å²) in [6, 6.07) is 4.56. The fraction of sp³-hybridized carbons (Fsp3) is 0.625. The lowest BCUT2D eigenvalue weighted by Crippen LogP contribution is -2.22. The molecule has 0 aliphatic heterocycles. The lowest BCUT2D eigenvalue weighted by molar-refractivity contribution is 0.177. The van der Waals surface area contributed by atoms with Crippen LogP contribution < -0.4 is 5.32 Å². The maximum Gasteiger partial charge on any atom is 0.0543 e. The molecule has 2 atom stereocenters. The molecule has 0 saturated heterocycles. The fourth-order valence-corrected chi connectivity index (χ4v) is 2.86. The van der Waals surface area contributed by atoms with Crippen molar-refractivity contribution in [3.05, 3.63) is 34.4 Å². The van der Waals surface area contributed by atoms with Gasteiger partial charge in [0.1, 0.15) is 0 Å². The third kappa shape index (κ3) is 3.33. The Morgan fingerprint density at radius 2 is 1.83 bits per heavy atom. The molecule has 18 heavy (non-hydrogen) atoms. The highest BCUT2D eigenvalue weighted by Gasteiger charge is 2.22. The second-order valence-corrected chi connectivity index (χ2v) is 5.83. The van der Waals surface area contributed by atoms with Crippen LogP contribution in [0.5, 0.6) is 0 Å². The molecule has 1 aromatic carbocycles. The van der Waals surface area contributed by atoms with Crippen molar-refractivity contribution in [3.8, 4) is 0 Å². The second kappa shape index (κ2) is 5.85. The molecule has 1 aliphatic carbocycles. The number of nitrogens with one attached hydrogen (secondary N) is 1. The van der Waals surface area contributed by atoms with Crippen LogP contribution in [-0.4, -0.2) is 17.8 Å². The van der Waals surface area contributed by atoms with Gasteiger partial charge in [0.05, 0.1) is 6.10 Å². The van der Waals surface area contributed by atoms with E-state index in [1.807, 2.05) is 0 Å². The van der Waals surface area contributed by atoms with Gasteiger partial charge in [-0.05, 0) is 74.8 Å². The Kier molecular flexibility index (Phi) is 4.41. The predicted octanol–water partition coefficient (Wildman–Crippen LogP) is 2.86. The Labute approximate surface area is 110 Å². The summed E-state index contributed by atoms with van der Waals surface area (Å²) in [5.41, 5.74) is 5.51. The molecule has 0 amide bonds. The highest BCUT2D eigenvalue weighted by molar-refractivity contribution is 5.36. The smallest absolute Gasteiger partial charge is 0.0543 e. The molecule has 2 heteroatoms. The van der Waals surface area contributed by atoms with E-state index in [1.54, 1.807) is 0 Å². The minimum atomic E-state index is -0.0554. The van der Waals surface area contributed by atoms with E-state index in [0.717, 1.165) is 25.9 Å². The molecule has 1 fully saturated rings.